The van der Waals surface area contributed by atoms with Crippen LogP contribution in [-0.2, 0) is 38.7 Å². The maximum Gasteiger partial charge on any atom is 0.243 e. The van der Waals surface area contributed by atoms with Crippen LogP contribution in [0.3, 0.4) is 0 Å². The first kappa shape index (κ1) is 24.6. The second-order valence-corrected chi connectivity index (χ2v) is 13.2. The van der Waals surface area contributed by atoms with Crippen molar-refractivity contribution in [3.63, 3.8) is 0 Å². The van der Waals surface area contributed by atoms with Crippen molar-refractivity contribution in [2.24, 2.45) is 5.92 Å². The lowest BCUT2D eigenvalue weighted by Gasteiger charge is -2.23. The fourth-order valence-electron chi connectivity index (χ4n) is 4.07. The highest BCUT2D eigenvalue weighted by atomic mass is 32.2. The molecule has 1 aliphatic carbocycles. The Morgan fingerprint density at radius 2 is 1.74 bits per heavy atom. The molecule has 0 atom stereocenters. The van der Waals surface area contributed by atoms with Crippen LogP contribution >= 0.6 is 0 Å². The molecule has 182 valence electrons. The van der Waals surface area contributed by atoms with E-state index in [1.807, 2.05) is 39.0 Å². The number of nitrogens with zero attached hydrogens (tertiary/aromatic N) is 3. The molecule has 1 fully saturated rings. The summed E-state index contributed by atoms with van der Waals surface area (Å²) in [5.74, 6) is -0.00120. The van der Waals surface area contributed by atoms with E-state index in [9.17, 15) is 16.8 Å². The second kappa shape index (κ2) is 9.64. The van der Waals surface area contributed by atoms with Gasteiger partial charge in [0.1, 0.15) is 0 Å². The van der Waals surface area contributed by atoms with E-state index in [0.717, 1.165) is 18.4 Å². The van der Waals surface area contributed by atoms with Gasteiger partial charge in [0.05, 0.1) is 29.1 Å². The van der Waals surface area contributed by atoms with E-state index in [-0.39, 0.29) is 34.3 Å². The normalized spacial score (nSPS) is 14.7. The van der Waals surface area contributed by atoms with Gasteiger partial charge in [-0.05, 0) is 43.4 Å². The van der Waals surface area contributed by atoms with Crippen LogP contribution in [-0.4, -0.2) is 36.7 Å². The third-order valence-electron chi connectivity index (χ3n) is 5.79. The van der Waals surface area contributed by atoms with E-state index >= 15 is 0 Å². The summed E-state index contributed by atoms with van der Waals surface area (Å²) in [4.78, 5) is 4.54. The largest absolute Gasteiger partial charge is 0.317 e. The van der Waals surface area contributed by atoms with Crippen molar-refractivity contribution in [2.75, 3.05) is 0 Å². The number of benzene rings is 2. The Balaban J connectivity index is 1.70. The van der Waals surface area contributed by atoms with Gasteiger partial charge < -0.3 is 4.57 Å². The highest BCUT2D eigenvalue weighted by molar-refractivity contribution is 7.90. The Morgan fingerprint density at radius 3 is 2.35 bits per heavy atom. The predicted octanol–water partition coefficient (Wildman–Crippen LogP) is 4.17. The van der Waals surface area contributed by atoms with Crippen molar-refractivity contribution in [1.29, 1.82) is 0 Å². The minimum atomic E-state index is -3.73. The molecule has 0 amide bonds. The van der Waals surface area contributed by atoms with Gasteiger partial charge in [0, 0.05) is 12.6 Å². The fourth-order valence-corrected chi connectivity index (χ4v) is 7.24. The number of rotatable bonds is 10. The quantitative estimate of drug-likeness (QED) is 0.416. The molecule has 3 aromatic rings. The zero-order valence-corrected chi connectivity index (χ0v) is 21.4. The van der Waals surface area contributed by atoms with Crippen LogP contribution in [0.5, 0.6) is 0 Å². The molecular formula is C25H31N3O4S2. The molecule has 0 N–H and O–H groups in total. The lowest BCUT2D eigenvalue weighted by Crippen LogP contribution is -2.33. The van der Waals surface area contributed by atoms with E-state index in [0.29, 0.717) is 17.8 Å². The third kappa shape index (κ3) is 5.42. The predicted molar refractivity (Wildman–Crippen MR) is 131 cm³/mol. The van der Waals surface area contributed by atoms with Crippen molar-refractivity contribution in [3.8, 4) is 0 Å². The lowest BCUT2D eigenvalue weighted by molar-refractivity contribution is 0.376. The first-order valence-electron chi connectivity index (χ1n) is 11.5. The molecule has 0 spiro atoms. The van der Waals surface area contributed by atoms with Crippen molar-refractivity contribution in [2.45, 2.75) is 68.5 Å². The van der Waals surface area contributed by atoms with E-state index in [4.69, 9.17) is 0 Å². The Bertz CT molecular complexity index is 1360. The average Bonchev–Trinajstić information content (AvgIpc) is 3.53. The number of sulfone groups is 1. The van der Waals surface area contributed by atoms with E-state index in [2.05, 4.69) is 4.98 Å². The van der Waals surface area contributed by atoms with E-state index in [1.54, 1.807) is 41.0 Å². The first-order valence-corrected chi connectivity index (χ1v) is 14.6. The van der Waals surface area contributed by atoms with Crippen molar-refractivity contribution in [1.82, 2.24) is 13.9 Å². The van der Waals surface area contributed by atoms with Gasteiger partial charge in [0.25, 0.3) is 0 Å². The van der Waals surface area contributed by atoms with Crippen LogP contribution in [0.25, 0.3) is 0 Å². The van der Waals surface area contributed by atoms with Gasteiger partial charge in [0.15, 0.2) is 0 Å². The summed E-state index contributed by atoms with van der Waals surface area (Å²) in [6.07, 6.45) is 3.10. The van der Waals surface area contributed by atoms with Crippen molar-refractivity contribution >= 4 is 19.9 Å². The Labute approximate surface area is 202 Å². The van der Waals surface area contributed by atoms with Crippen LogP contribution in [0.2, 0.25) is 0 Å². The molecule has 0 unspecified atom stereocenters. The van der Waals surface area contributed by atoms with Crippen molar-refractivity contribution < 1.29 is 16.8 Å². The summed E-state index contributed by atoms with van der Waals surface area (Å²) in [5, 5.41) is -0.00874. The Morgan fingerprint density at radius 1 is 1.03 bits per heavy atom. The second-order valence-electron chi connectivity index (χ2n) is 9.38. The molecule has 0 saturated heterocycles. The highest BCUT2D eigenvalue weighted by Gasteiger charge is 2.39. The number of aromatic nitrogens is 2. The average molecular weight is 502 g/mol. The molecule has 9 heteroatoms. The molecule has 1 aliphatic rings. The summed E-state index contributed by atoms with van der Waals surface area (Å²) >= 11 is 0. The zero-order valence-electron chi connectivity index (χ0n) is 19.8. The van der Waals surface area contributed by atoms with Crippen LogP contribution in [0, 0.1) is 12.8 Å². The molecule has 7 nitrogen and oxygen atoms in total. The van der Waals surface area contributed by atoms with Gasteiger partial charge in [-0.25, -0.2) is 21.8 Å². The monoisotopic (exact) mass is 501 g/mol. The number of hydrogen-bond acceptors (Lipinski definition) is 5. The summed E-state index contributed by atoms with van der Waals surface area (Å²) < 4.78 is 56.7. The van der Waals surface area contributed by atoms with E-state index < -0.39 is 19.9 Å². The van der Waals surface area contributed by atoms with Crippen LogP contribution in [0.1, 0.15) is 43.5 Å². The van der Waals surface area contributed by atoms with Crippen molar-refractivity contribution in [3.05, 3.63) is 77.6 Å². The highest BCUT2D eigenvalue weighted by Crippen LogP contribution is 2.34. The Kier molecular flexibility index (Phi) is 6.98. The van der Waals surface area contributed by atoms with E-state index in [1.165, 1.54) is 10.5 Å². The first-order chi connectivity index (χ1) is 16.1. The molecule has 4 rings (SSSR count). The smallest absolute Gasteiger partial charge is 0.243 e. The number of sulfonamides is 1. The van der Waals surface area contributed by atoms with Gasteiger partial charge in [-0.1, -0.05) is 61.9 Å². The van der Waals surface area contributed by atoms with Crippen LogP contribution in [0.15, 0.2) is 70.8 Å². The summed E-state index contributed by atoms with van der Waals surface area (Å²) in [7, 11) is -7.45. The van der Waals surface area contributed by atoms with Crippen LogP contribution in [0.4, 0.5) is 0 Å². The van der Waals surface area contributed by atoms with Gasteiger partial charge in [-0.3, -0.25) is 0 Å². The molecule has 1 saturated carbocycles. The minimum absolute atomic E-state index is 0.00874. The fraction of sp³-hybridized carbons (Fsp3) is 0.400. The zero-order chi connectivity index (χ0) is 24.5. The Hall–Kier alpha value is -2.49. The maximum atomic E-state index is 13.4. The number of hydrogen-bond donors (Lipinski definition) is 0. The molecule has 0 aliphatic heterocycles. The molecule has 0 bridgehead atoms. The SMILES string of the molecule is Cc1cccc(CS(=O)(=O)c2ncc(CN(C3CC3)S(=O)(=O)c3ccccc3)n2CC(C)C)c1. The van der Waals surface area contributed by atoms with Gasteiger partial charge in [-0.2, -0.15) is 4.31 Å². The molecule has 1 aromatic heterocycles. The summed E-state index contributed by atoms with van der Waals surface area (Å²) in [6.45, 7) is 6.44. The summed E-state index contributed by atoms with van der Waals surface area (Å²) in [5.41, 5.74) is 2.28. The minimum Gasteiger partial charge on any atom is -0.317 e. The topological polar surface area (TPSA) is 89.3 Å². The van der Waals surface area contributed by atoms with Gasteiger partial charge in [-0.15, -0.1) is 0 Å². The number of aryl methyl sites for hydroxylation is 1. The molecule has 1 heterocycles. The van der Waals surface area contributed by atoms with Gasteiger partial charge >= 0.3 is 0 Å². The molecule has 2 aromatic carbocycles. The third-order valence-corrected chi connectivity index (χ3v) is 9.30. The van der Waals surface area contributed by atoms with Crippen LogP contribution < -0.4 is 0 Å². The maximum absolute atomic E-state index is 13.4. The summed E-state index contributed by atoms with van der Waals surface area (Å²) in [6, 6.07) is 15.7. The molecular weight excluding hydrogens is 470 g/mol. The molecule has 34 heavy (non-hydrogen) atoms. The van der Waals surface area contributed by atoms with Gasteiger partial charge in [0.2, 0.25) is 25.0 Å². The number of imidazole rings is 1. The standard InChI is InChI=1S/C25H31N3O4S2/c1-19(2)16-27-23(15-26-25(27)33(29,30)18-21-9-7-8-20(3)14-21)17-28(22-12-13-22)34(31,32)24-10-5-4-6-11-24/h4-11,14-15,19,22H,12-13,16-18H2,1-3H3. The lowest BCUT2D eigenvalue weighted by atomic mass is 10.2. The molecule has 0 radical (unpaired) electrons.